The first-order valence-electron chi connectivity index (χ1n) is 14.0. The number of rotatable bonds is 1. The van der Waals surface area contributed by atoms with Crippen molar-refractivity contribution in [1.29, 1.82) is 0 Å². The predicted octanol–water partition coefficient (Wildman–Crippen LogP) is 7.22. The van der Waals surface area contributed by atoms with Crippen LogP contribution in [0.5, 0.6) is 0 Å². The van der Waals surface area contributed by atoms with Crippen molar-refractivity contribution in [1.82, 2.24) is 0 Å². The van der Waals surface area contributed by atoms with Gasteiger partial charge in [-0.25, -0.2) is 0 Å². The predicted molar refractivity (Wildman–Crippen MR) is 132 cm³/mol. The minimum atomic E-state index is -0.549. The Morgan fingerprint density at radius 2 is 1.22 bits per heavy atom. The third kappa shape index (κ3) is 2.84. The second kappa shape index (κ2) is 6.77. The lowest BCUT2D eigenvalue weighted by atomic mass is 9.32. The third-order valence-electron chi connectivity index (χ3n) is 13.5. The molecule has 0 aliphatic heterocycles. The molecule has 5 aliphatic carbocycles. The largest absolute Gasteiger partial charge is 0.393 e. The molecule has 5 fully saturated rings. The van der Waals surface area contributed by atoms with E-state index in [2.05, 4.69) is 55.4 Å². The van der Waals surface area contributed by atoms with E-state index in [0.29, 0.717) is 28.1 Å². The van der Waals surface area contributed by atoms with Crippen molar-refractivity contribution >= 4 is 0 Å². The zero-order chi connectivity index (χ0) is 23.5. The van der Waals surface area contributed by atoms with Crippen molar-refractivity contribution in [3.8, 4) is 0 Å². The van der Waals surface area contributed by atoms with E-state index < -0.39 is 5.60 Å². The fourth-order valence-corrected chi connectivity index (χ4v) is 12.3. The van der Waals surface area contributed by atoms with Gasteiger partial charge in [0.1, 0.15) is 0 Å². The number of fused-ring (bicyclic) bond motifs is 7. The minimum absolute atomic E-state index is 0.130. The van der Waals surface area contributed by atoms with Crippen LogP contribution in [0.15, 0.2) is 0 Å². The molecular formula is C30H52O2. The van der Waals surface area contributed by atoms with Crippen molar-refractivity contribution < 1.29 is 10.2 Å². The first-order chi connectivity index (χ1) is 14.6. The van der Waals surface area contributed by atoms with Crippen LogP contribution in [0.1, 0.15) is 120 Å². The maximum absolute atomic E-state index is 11.0. The molecule has 2 N–H and O–H groups in total. The Morgan fingerprint density at radius 3 is 1.81 bits per heavy atom. The van der Waals surface area contributed by atoms with Gasteiger partial charge in [-0.05, 0) is 135 Å². The van der Waals surface area contributed by atoms with E-state index >= 15 is 0 Å². The van der Waals surface area contributed by atoms with Gasteiger partial charge in [0, 0.05) is 0 Å². The quantitative estimate of drug-likeness (QED) is 0.448. The Morgan fingerprint density at radius 1 is 0.656 bits per heavy atom. The van der Waals surface area contributed by atoms with Gasteiger partial charge in [0.15, 0.2) is 0 Å². The zero-order valence-corrected chi connectivity index (χ0v) is 22.4. The van der Waals surface area contributed by atoms with Crippen molar-refractivity contribution in [3.05, 3.63) is 0 Å². The monoisotopic (exact) mass is 444 g/mol. The zero-order valence-electron chi connectivity index (χ0n) is 22.4. The van der Waals surface area contributed by atoms with Crippen LogP contribution >= 0.6 is 0 Å². The topological polar surface area (TPSA) is 40.5 Å². The van der Waals surface area contributed by atoms with E-state index in [1.165, 1.54) is 51.4 Å². The molecule has 0 bridgehead atoms. The van der Waals surface area contributed by atoms with E-state index in [1.54, 1.807) is 0 Å². The maximum Gasteiger partial charge on any atom is 0.0622 e. The standard InChI is InChI=1S/C30H52O2/c1-25(2)17-19(31)18-28(6)22(25)13-16-30(8)24(28)10-9-23-27(5)14-11-20(26(3,4)32)21(27)12-15-29(23,30)7/h19-24,31-32H,9-18H2,1-8H3/t19-,20?,21-,22-,23+,24+,27-,28-,29+,30+/m0/s1. The average Bonchev–Trinajstić information content (AvgIpc) is 2.98. The van der Waals surface area contributed by atoms with Gasteiger partial charge in [0.05, 0.1) is 11.7 Å². The Bertz CT molecular complexity index is 765. The molecule has 0 heterocycles. The summed E-state index contributed by atoms with van der Waals surface area (Å²) in [4.78, 5) is 0. The van der Waals surface area contributed by atoms with Crippen LogP contribution in [0.25, 0.3) is 0 Å². The van der Waals surface area contributed by atoms with Crippen molar-refractivity contribution in [2.75, 3.05) is 0 Å². The van der Waals surface area contributed by atoms with Crippen LogP contribution in [0, 0.1) is 56.7 Å². The summed E-state index contributed by atoms with van der Waals surface area (Å²) >= 11 is 0. The molecule has 0 radical (unpaired) electrons. The summed E-state index contributed by atoms with van der Waals surface area (Å²) in [6.45, 7) is 19.6. The van der Waals surface area contributed by atoms with Crippen LogP contribution in [0.4, 0.5) is 0 Å². The average molecular weight is 445 g/mol. The minimum Gasteiger partial charge on any atom is -0.393 e. The fraction of sp³-hybridized carbons (Fsp3) is 1.00. The second-order valence-corrected chi connectivity index (χ2v) is 15.6. The smallest absolute Gasteiger partial charge is 0.0622 e. The van der Waals surface area contributed by atoms with E-state index in [0.717, 1.165) is 30.6 Å². The molecule has 0 aromatic heterocycles. The summed E-state index contributed by atoms with van der Waals surface area (Å²) in [5, 5.41) is 21.9. The lowest BCUT2D eigenvalue weighted by Crippen LogP contribution is -2.66. The summed E-state index contributed by atoms with van der Waals surface area (Å²) < 4.78 is 0. The van der Waals surface area contributed by atoms with Gasteiger partial charge in [-0.1, -0.05) is 41.5 Å². The lowest BCUT2D eigenvalue weighted by molar-refractivity contribution is -0.250. The van der Waals surface area contributed by atoms with Crippen molar-refractivity contribution in [3.63, 3.8) is 0 Å². The van der Waals surface area contributed by atoms with Gasteiger partial charge in [-0.2, -0.15) is 0 Å². The molecule has 32 heavy (non-hydrogen) atoms. The van der Waals surface area contributed by atoms with Gasteiger partial charge in [-0.15, -0.1) is 0 Å². The lowest BCUT2D eigenvalue weighted by Gasteiger charge is -2.73. The molecule has 0 aromatic carbocycles. The molecule has 0 spiro atoms. The molecule has 0 amide bonds. The first kappa shape index (κ1) is 23.7. The number of aliphatic hydroxyl groups excluding tert-OH is 1. The Kier molecular flexibility index (Phi) is 5.01. The van der Waals surface area contributed by atoms with Crippen LogP contribution in [0.2, 0.25) is 0 Å². The van der Waals surface area contributed by atoms with E-state index in [1.807, 2.05) is 0 Å². The van der Waals surface area contributed by atoms with E-state index in [-0.39, 0.29) is 16.9 Å². The molecule has 1 unspecified atom stereocenters. The highest BCUT2D eigenvalue weighted by Gasteiger charge is 2.71. The van der Waals surface area contributed by atoms with Crippen molar-refractivity contribution in [2.24, 2.45) is 56.7 Å². The highest BCUT2D eigenvalue weighted by molar-refractivity contribution is 5.19. The molecule has 0 saturated heterocycles. The van der Waals surface area contributed by atoms with Gasteiger partial charge < -0.3 is 10.2 Å². The summed E-state index contributed by atoms with van der Waals surface area (Å²) in [5.74, 6) is 3.41. The fourth-order valence-electron chi connectivity index (χ4n) is 12.3. The number of hydrogen-bond donors (Lipinski definition) is 2. The molecule has 10 atom stereocenters. The second-order valence-electron chi connectivity index (χ2n) is 15.6. The third-order valence-corrected chi connectivity index (χ3v) is 13.5. The summed E-state index contributed by atoms with van der Waals surface area (Å²) in [6, 6.07) is 0. The normalized spacial score (nSPS) is 57.2. The molecule has 5 rings (SSSR count). The number of hydrogen-bond acceptors (Lipinski definition) is 2. The Labute approximate surface area is 198 Å². The highest BCUT2D eigenvalue weighted by Crippen LogP contribution is 2.78. The number of aliphatic hydroxyl groups is 2. The van der Waals surface area contributed by atoms with Gasteiger partial charge in [0.25, 0.3) is 0 Å². The molecule has 2 nitrogen and oxygen atoms in total. The highest BCUT2D eigenvalue weighted by atomic mass is 16.3. The summed E-state index contributed by atoms with van der Waals surface area (Å²) in [5.41, 5.74) is 1.11. The van der Waals surface area contributed by atoms with Crippen LogP contribution < -0.4 is 0 Å². The van der Waals surface area contributed by atoms with E-state index in [4.69, 9.17) is 0 Å². The van der Waals surface area contributed by atoms with E-state index in [9.17, 15) is 10.2 Å². The Balaban J connectivity index is 1.52. The SMILES string of the molecule is CC(C)(O)C1CC[C@]2(C)[C@H]3CC[C@@H]4[C@@]5(C)C[C@@H](O)CC(C)(C)[C@@H]5CC[C@@]4(C)[C@]3(C)CC[C@@H]12. The van der Waals surface area contributed by atoms with Crippen molar-refractivity contribution in [2.45, 2.75) is 131 Å². The summed E-state index contributed by atoms with van der Waals surface area (Å²) in [6.07, 6.45) is 12.4. The summed E-state index contributed by atoms with van der Waals surface area (Å²) in [7, 11) is 0. The molecule has 5 saturated carbocycles. The van der Waals surface area contributed by atoms with Crippen LogP contribution in [0.3, 0.4) is 0 Å². The molecular weight excluding hydrogens is 392 g/mol. The van der Waals surface area contributed by atoms with Gasteiger partial charge >= 0.3 is 0 Å². The Hall–Kier alpha value is -0.0800. The van der Waals surface area contributed by atoms with Gasteiger partial charge in [-0.3, -0.25) is 0 Å². The molecule has 2 heteroatoms. The molecule has 184 valence electrons. The molecule has 0 aromatic rings. The van der Waals surface area contributed by atoms with Crippen LogP contribution in [-0.4, -0.2) is 21.9 Å². The van der Waals surface area contributed by atoms with Crippen LogP contribution in [-0.2, 0) is 0 Å². The first-order valence-corrected chi connectivity index (χ1v) is 14.0. The maximum atomic E-state index is 11.0. The molecule has 5 aliphatic rings. The van der Waals surface area contributed by atoms with Gasteiger partial charge in [0.2, 0.25) is 0 Å².